The Morgan fingerprint density at radius 3 is 2.89 bits per heavy atom. The monoisotopic (exact) mass is 251 g/mol. The number of likely N-dealkylation sites (tertiary alicyclic amines) is 1. The Kier molecular flexibility index (Phi) is 3.56. The second-order valence-corrected chi connectivity index (χ2v) is 5.07. The summed E-state index contributed by atoms with van der Waals surface area (Å²) in [5.74, 6) is 0.225. The molecule has 0 saturated carbocycles. The molecule has 18 heavy (non-hydrogen) atoms. The maximum absolute atomic E-state index is 12.3. The van der Waals surface area contributed by atoms with Crippen LogP contribution >= 0.6 is 0 Å². The van der Waals surface area contributed by atoms with Crippen LogP contribution in [0.5, 0.6) is 0 Å². The second kappa shape index (κ2) is 4.97. The number of H-pyrrole nitrogens is 1. The van der Waals surface area contributed by atoms with Crippen LogP contribution in [0.15, 0.2) is 0 Å². The first kappa shape index (κ1) is 12.9. The zero-order chi connectivity index (χ0) is 13.3. The number of likely N-dealkylation sites (N-methyl/N-ethyl adjacent to an activating group) is 2. The molecule has 0 spiro atoms. The van der Waals surface area contributed by atoms with Gasteiger partial charge in [-0.15, -0.1) is 0 Å². The molecule has 0 bridgehead atoms. The van der Waals surface area contributed by atoms with Gasteiger partial charge < -0.3 is 15.5 Å². The summed E-state index contributed by atoms with van der Waals surface area (Å²) in [6.07, 6.45) is 2.35. The van der Waals surface area contributed by atoms with Crippen LogP contribution in [-0.4, -0.2) is 59.1 Å². The summed E-state index contributed by atoms with van der Waals surface area (Å²) in [5.41, 5.74) is 6.94. The molecule has 6 nitrogen and oxygen atoms in total. The van der Waals surface area contributed by atoms with Crippen LogP contribution in [0.4, 0.5) is 5.82 Å². The molecule has 1 saturated heterocycles. The van der Waals surface area contributed by atoms with Gasteiger partial charge >= 0.3 is 0 Å². The van der Waals surface area contributed by atoms with Crippen molar-refractivity contribution in [1.82, 2.24) is 20.0 Å². The molecule has 0 aromatic carbocycles. The molecule has 3 N–H and O–H groups in total. The van der Waals surface area contributed by atoms with Gasteiger partial charge in [-0.1, -0.05) is 0 Å². The third-order valence-corrected chi connectivity index (χ3v) is 3.69. The van der Waals surface area contributed by atoms with Gasteiger partial charge in [-0.2, -0.15) is 5.10 Å². The first-order valence-corrected chi connectivity index (χ1v) is 6.27. The van der Waals surface area contributed by atoms with Crippen molar-refractivity contribution in [3.63, 3.8) is 0 Å². The number of nitrogens with zero attached hydrogens (tertiary/aromatic N) is 3. The van der Waals surface area contributed by atoms with Gasteiger partial charge in [-0.25, -0.2) is 0 Å². The Bertz CT molecular complexity index is 422. The van der Waals surface area contributed by atoms with Crippen LogP contribution < -0.4 is 5.73 Å². The van der Waals surface area contributed by atoms with E-state index in [9.17, 15) is 4.79 Å². The summed E-state index contributed by atoms with van der Waals surface area (Å²) >= 11 is 0. The first-order valence-electron chi connectivity index (χ1n) is 6.27. The average Bonchev–Trinajstić information content (AvgIpc) is 2.86. The largest absolute Gasteiger partial charge is 0.382 e. The molecule has 100 valence electrons. The lowest BCUT2D eigenvalue weighted by atomic mass is 10.1. The average molecular weight is 251 g/mol. The van der Waals surface area contributed by atoms with Gasteiger partial charge in [0.05, 0.1) is 0 Å². The summed E-state index contributed by atoms with van der Waals surface area (Å²) in [6, 6.07) is 0.451. The molecule has 2 heterocycles. The van der Waals surface area contributed by atoms with Gasteiger partial charge in [0.1, 0.15) is 5.56 Å². The van der Waals surface area contributed by atoms with Crippen LogP contribution in [0.1, 0.15) is 28.9 Å². The molecule has 0 aliphatic carbocycles. The molecule has 1 aliphatic rings. The Labute approximate surface area is 107 Å². The third kappa shape index (κ3) is 2.33. The first-order chi connectivity index (χ1) is 8.50. The van der Waals surface area contributed by atoms with Crippen molar-refractivity contribution in [3.8, 4) is 0 Å². The minimum absolute atomic E-state index is 0.0564. The number of carbonyl (C=O) groups is 1. The van der Waals surface area contributed by atoms with Gasteiger partial charge in [-0.05, 0) is 33.4 Å². The van der Waals surface area contributed by atoms with Crippen LogP contribution in [0.3, 0.4) is 0 Å². The van der Waals surface area contributed by atoms with Gasteiger partial charge in [0.2, 0.25) is 0 Å². The number of hydrogen-bond acceptors (Lipinski definition) is 4. The molecule has 1 aromatic heterocycles. The molecule has 0 radical (unpaired) electrons. The Hall–Kier alpha value is -1.56. The minimum Gasteiger partial charge on any atom is -0.382 e. The van der Waals surface area contributed by atoms with E-state index in [1.165, 1.54) is 6.42 Å². The van der Waals surface area contributed by atoms with E-state index in [1.54, 1.807) is 4.90 Å². The highest BCUT2D eigenvalue weighted by Crippen LogP contribution is 2.18. The van der Waals surface area contributed by atoms with Crippen LogP contribution in [0.2, 0.25) is 0 Å². The highest BCUT2D eigenvalue weighted by molar-refractivity contribution is 5.99. The number of rotatable bonds is 3. The smallest absolute Gasteiger partial charge is 0.259 e. The number of nitrogens with one attached hydrogen (secondary N) is 1. The van der Waals surface area contributed by atoms with E-state index in [4.69, 9.17) is 5.73 Å². The van der Waals surface area contributed by atoms with E-state index in [2.05, 4.69) is 22.1 Å². The van der Waals surface area contributed by atoms with E-state index in [1.807, 2.05) is 14.0 Å². The Morgan fingerprint density at radius 1 is 1.67 bits per heavy atom. The topological polar surface area (TPSA) is 78.2 Å². The summed E-state index contributed by atoms with van der Waals surface area (Å²) in [7, 11) is 3.92. The van der Waals surface area contributed by atoms with E-state index < -0.39 is 0 Å². The third-order valence-electron chi connectivity index (χ3n) is 3.69. The normalized spacial score (nSPS) is 20.3. The van der Waals surface area contributed by atoms with Crippen molar-refractivity contribution < 1.29 is 4.79 Å². The molecular formula is C12H21N5O. The van der Waals surface area contributed by atoms with Crippen molar-refractivity contribution >= 4 is 11.7 Å². The van der Waals surface area contributed by atoms with Crippen molar-refractivity contribution in [2.24, 2.45) is 0 Å². The number of anilines is 1. The Morgan fingerprint density at radius 2 is 2.39 bits per heavy atom. The molecule has 1 aromatic rings. The number of hydrogen-bond donors (Lipinski definition) is 2. The Balaban J connectivity index is 2.05. The van der Waals surface area contributed by atoms with E-state index in [0.29, 0.717) is 11.6 Å². The predicted molar refractivity (Wildman–Crippen MR) is 70.3 cm³/mol. The second-order valence-electron chi connectivity index (χ2n) is 5.07. The lowest BCUT2D eigenvalue weighted by molar-refractivity contribution is 0.0762. The molecule has 1 atom stereocenters. The van der Waals surface area contributed by atoms with Gasteiger partial charge in [0, 0.05) is 25.3 Å². The number of aromatic nitrogens is 2. The number of nitrogen functional groups attached to an aromatic ring is 1. The lowest BCUT2D eigenvalue weighted by Crippen LogP contribution is -2.39. The van der Waals surface area contributed by atoms with Crippen molar-refractivity contribution in [2.45, 2.75) is 25.8 Å². The highest BCUT2D eigenvalue weighted by Gasteiger charge is 2.26. The zero-order valence-corrected chi connectivity index (χ0v) is 11.2. The van der Waals surface area contributed by atoms with E-state index in [0.717, 1.165) is 25.2 Å². The molecule has 1 fully saturated rings. The van der Waals surface area contributed by atoms with Crippen molar-refractivity contribution in [3.05, 3.63) is 11.3 Å². The maximum Gasteiger partial charge on any atom is 0.259 e. The fourth-order valence-corrected chi connectivity index (χ4v) is 2.52. The summed E-state index contributed by atoms with van der Waals surface area (Å²) in [5, 5.41) is 6.60. The molecule has 2 rings (SSSR count). The molecule has 1 unspecified atom stereocenters. The quantitative estimate of drug-likeness (QED) is 0.818. The van der Waals surface area contributed by atoms with Gasteiger partial charge in [0.25, 0.3) is 5.91 Å². The SMILES string of the molecule is Cc1[nH]nc(N)c1C(=O)N(C)CC1CCCN1C. The van der Waals surface area contributed by atoms with Crippen LogP contribution in [-0.2, 0) is 0 Å². The van der Waals surface area contributed by atoms with Crippen molar-refractivity contribution in [1.29, 1.82) is 0 Å². The predicted octanol–water partition coefficient (Wildman–Crippen LogP) is 0.467. The highest BCUT2D eigenvalue weighted by atomic mass is 16.2. The maximum atomic E-state index is 12.3. The standard InChI is InChI=1S/C12H21N5O/c1-8-10(11(13)15-14-8)12(18)17(3)7-9-5-4-6-16(9)2/h9H,4-7H2,1-3H3,(H3,13,14,15). The van der Waals surface area contributed by atoms with Gasteiger partial charge in [-0.3, -0.25) is 9.89 Å². The molecule has 1 aliphatic heterocycles. The van der Waals surface area contributed by atoms with Crippen LogP contribution in [0.25, 0.3) is 0 Å². The summed E-state index contributed by atoms with van der Waals surface area (Å²) in [6.45, 7) is 3.66. The summed E-state index contributed by atoms with van der Waals surface area (Å²) in [4.78, 5) is 16.3. The summed E-state index contributed by atoms with van der Waals surface area (Å²) < 4.78 is 0. The number of nitrogens with two attached hydrogens (primary N) is 1. The number of aromatic amines is 1. The number of amides is 1. The minimum atomic E-state index is -0.0564. The number of aryl methyl sites for hydroxylation is 1. The number of carbonyl (C=O) groups excluding carboxylic acids is 1. The van der Waals surface area contributed by atoms with E-state index >= 15 is 0 Å². The van der Waals surface area contributed by atoms with Gasteiger partial charge in [0.15, 0.2) is 5.82 Å². The molecule has 1 amide bonds. The van der Waals surface area contributed by atoms with Crippen molar-refractivity contribution in [2.75, 3.05) is 32.9 Å². The van der Waals surface area contributed by atoms with E-state index in [-0.39, 0.29) is 11.7 Å². The fourth-order valence-electron chi connectivity index (χ4n) is 2.52. The fraction of sp³-hybridized carbons (Fsp3) is 0.667. The molecule has 6 heteroatoms. The molecular weight excluding hydrogens is 230 g/mol. The lowest BCUT2D eigenvalue weighted by Gasteiger charge is -2.25. The van der Waals surface area contributed by atoms with Crippen LogP contribution in [0, 0.1) is 6.92 Å². The zero-order valence-electron chi connectivity index (χ0n) is 11.2.